The fourth-order valence-electron chi connectivity index (χ4n) is 3.77. The third-order valence-corrected chi connectivity index (χ3v) is 5.36. The number of fused-ring (bicyclic) bond motifs is 2. The summed E-state index contributed by atoms with van der Waals surface area (Å²) in [6.45, 7) is 3.95. The van der Waals surface area contributed by atoms with Gasteiger partial charge < -0.3 is 19.7 Å². The largest absolute Gasteiger partial charge is 0.390 e. The van der Waals surface area contributed by atoms with Gasteiger partial charge in [0.2, 0.25) is 0 Å². The van der Waals surface area contributed by atoms with Gasteiger partial charge in [-0.05, 0) is 31.0 Å². The number of aryl methyl sites for hydroxylation is 2. The Labute approximate surface area is 158 Å². The van der Waals surface area contributed by atoms with Crippen LogP contribution in [-0.4, -0.2) is 45.5 Å². The molecule has 4 rings (SSSR count). The van der Waals surface area contributed by atoms with E-state index in [1.165, 1.54) is 0 Å². The summed E-state index contributed by atoms with van der Waals surface area (Å²) in [5, 5.41) is 14.1. The number of aliphatic hydroxyl groups is 1. The number of aliphatic hydroxyl groups excluding tert-OH is 1. The Morgan fingerprint density at radius 3 is 2.78 bits per heavy atom. The molecule has 0 bridgehead atoms. The van der Waals surface area contributed by atoms with E-state index in [9.17, 15) is 9.90 Å². The van der Waals surface area contributed by atoms with Gasteiger partial charge >= 0.3 is 0 Å². The molecule has 2 N–H and O–H groups in total. The minimum absolute atomic E-state index is 0.0712. The van der Waals surface area contributed by atoms with E-state index in [0.29, 0.717) is 12.0 Å². The highest BCUT2D eigenvalue weighted by Gasteiger charge is 2.31. The van der Waals surface area contributed by atoms with Crippen molar-refractivity contribution < 1.29 is 9.90 Å². The van der Waals surface area contributed by atoms with Crippen molar-refractivity contribution in [3.63, 3.8) is 0 Å². The van der Waals surface area contributed by atoms with Gasteiger partial charge in [0, 0.05) is 32.4 Å². The molecule has 2 aromatic heterocycles. The fourth-order valence-corrected chi connectivity index (χ4v) is 3.77. The standard InChI is InChI=1S/C21H24N4O2/c1-12-13(2)25-11-15(21(27)24(3)4)9-17(20(25)22-12)23-19-16-8-6-5-7-14(16)10-18(19)26/h5-9,11,18-19,23,26H,10H2,1-4H3/t18-,19-/m0/s1. The normalized spacial score (nSPS) is 18.6. The van der Waals surface area contributed by atoms with E-state index < -0.39 is 6.10 Å². The third kappa shape index (κ3) is 2.86. The van der Waals surface area contributed by atoms with Gasteiger partial charge in [-0.25, -0.2) is 4.98 Å². The smallest absolute Gasteiger partial charge is 0.254 e. The summed E-state index contributed by atoms with van der Waals surface area (Å²) in [6, 6.07) is 9.66. The lowest BCUT2D eigenvalue weighted by Gasteiger charge is -2.21. The van der Waals surface area contributed by atoms with Crippen LogP contribution in [0.2, 0.25) is 0 Å². The molecule has 0 spiro atoms. The Morgan fingerprint density at radius 1 is 1.30 bits per heavy atom. The monoisotopic (exact) mass is 364 g/mol. The average Bonchev–Trinajstić information content (AvgIpc) is 3.11. The van der Waals surface area contributed by atoms with Crippen LogP contribution in [0.4, 0.5) is 5.69 Å². The molecule has 1 aliphatic rings. The van der Waals surface area contributed by atoms with E-state index in [-0.39, 0.29) is 11.9 Å². The van der Waals surface area contributed by atoms with Crippen molar-refractivity contribution in [3.05, 3.63) is 64.6 Å². The molecule has 3 aromatic rings. The minimum atomic E-state index is -0.521. The first-order chi connectivity index (χ1) is 12.9. The predicted molar refractivity (Wildman–Crippen MR) is 105 cm³/mol. The zero-order chi connectivity index (χ0) is 19.3. The summed E-state index contributed by atoms with van der Waals surface area (Å²) in [4.78, 5) is 18.8. The van der Waals surface area contributed by atoms with Crippen LogP contribution in [0.3, 0.4) is 0 Å². The zero-order valence-electron chi connectivity index (χ0n) is 16.0. The summed E-state index contributed by atoms with van der Waals surface area (Å²) >= 11 is 0. The number of benzene rings is 1. The summed E-state index contributed by atoms with van der Waals surface area (Å²) in [5.74, 6) is -0.0712. The lowest BCUT2D eigenvalue weighted by Crippen LogP contribution is -2.24. The number of carbonyl (C=O) groups is 1. The molecule has 2 heterocycles. The first-order valence-corrected chi connectivity index (χ1v) is 9.10. The molecule has 6 nitrogen and oxygen atoms in total. The molecule has 1 aliphatic carbocycles. The van der Waals surface area contributed by atoms with Gasteiger partial charge in [-0.2, -0.15) is 0 Å². The molecular formula is C21H24N4O2. The number of pyridine rings is 1. The van der Waals surface area contributed by atoms with E-state index in [1.807, 2.05) is 54.8 Å². The highest BCUT2D eigenvalue weighted by atomic mass is 16.3. The summed E-state index contributed by atoms with van der Waals surface area (Å²) in [7, 11) is 3.48. The second kappa shape index (κ2) is 6.39. The minimum Gasteiger partial charge on any atom is -0.390 e. The number of amides is 1. The van der Waals surface area contributed by atoms with Crippen LogP contribution < -0.4 is 5.32 Å². The number of aromatic nitrogens is 2. The van der Waals surface area contributed by atoms with Gasteiger partial charge in [-0.15, -0.1) is 0 Å². The average molecular weight is 364 g/mol. The second-order valence-corrected chi connectivity index (χ2v) is 7.41. The summed E-state index contributed by atoms with van der Waals surface area (Å²) in [5.41, 5.74) is 6.24. The Hall–Kier alpha value is -2.86. The number of nitrogens with one attached hydrogen (secondary N) is 1. The van der Waals surface area contributed by atoms with Crippen molar-refractivity contribution in [2.75, 3.05) is 19.4 Å². The lowest BCUT2D eigenvalue weighted by atomic mass is 10.1. The van der Waals surface area contributed by atoms with Crippen LogP contribution in [0.25, 0.3) is 5.65 Å². The van der Waals surface area contributed by atoms with Crippen molar-refractivity contribution >= 4 is 17.2 Å². The van der Waals surface area contributed by atoms with E-state index >= 15 is 0 Å². The number of nitrogens with zero attached hydrogens (tertiary/aromatic N) is 3. The Balaban J connectivity index is 1.83. The van der Waals surface area contributed by atoms with Crippen molar-refractivity contribution in [1.82, 2.24) is 14.3 Å². The quantitative estimate of drug-likeness (QED) is 0.750. The molecule has 0 fully saturated rings. The van der Waals surface area contributed by atoms with Gasteiger partial charge in [0.15, 0.2) is 5.65 Å². The highest BCUT2D eigenvalue weighted by Crippen LogP contribution is 2.35. The van der Waals surface area contributed by atoms with Gasteiger partial charge in [0.25, 0.3) is 5.91 Å². The molecule has 0 aliphatic heterocycles. The first kappa shape index (κ1) is 17.5. The number of hydrogen-bond acceptors (Lipinski definition) is 4. The van der Waals surface area contributed by atoms with Crippen LogP contribution in [0, 0.1) is 13.8 Å². The van der Waals surface area contributed by atoms with Crippen LogP contribution >= 0.6 is 0 Å². The van der Waals surface area contributed by atoms with Crippen LogP contribution in [0.1, 0.15) is 38.9 Å². The molecule has 6 heteroatoms. The van der Waals surface area contributed by atoms with E-state index in [0.717, 1.165) is 33.8 Å². The molecule has 140 valence electrons. The number of rotatable bonds is 3. The Morgan fingerprint density at radius 2 is 2.04 bits per heavy atom. The number of hydrogen-bond donors (Lipinski definition) is 2. The zero-order valence-corrected chi connectivity index (χ0v) is 16.0. The summed E-state index contributed by atoms with van der Waals surface area (Å²) in [6.07, 6.45) is 1.93. The molecule has 1 aromatic carbocycles. The molecule has 2 atom stereocenters. The highest BCUT2D eigenvalue weighted by molar-refractivity contribution is 5.95. The molecule has 27 heavy (non-hydrogen) atoms. The first-order valence-electron chi connectivity index (χ1n) is 9.10. The molecule has 1 amide bonds. The second-order valence-electron chi connectivity index (χ2n) is 7.41. The van der Waals surface area contributed by atoms with Crippen molar-refractivity contribution in [1.29, 1.82) is 0 Å². The van der Waals surface area contributed by atoms with E-state index in [1.54, 1.807) is 19.0 Å². The number of carbonyl (C=O) groups excluding carboxylic acids is 1. The van der Waals surface area contributed by atoms with E-state index in [4.69, 9.17) is 0 Å². The molecular weight excluding hydrogens is 340 g/mol. The van der Waals surface area contributed by atoms with Gasteiger partial charge in [-0.3, -0.25) is 4.79 Å². The van der Waals surface area contributed by atoms with Crippen molar-refractivity contribution in [3.8, 4) is 0 Å². The van der Waals surface area contributed by atoms with Gasteiger partial charge in [0.1, 0.15) is 0 Å². The number of imidazole rings is 1. The topological polar surface area (TPSA) is 69.9 Å². The Kier molecular flexibility index (Phi) is 4.15. The molecule has 0 radical (unpaired) electrons. The van der Waals surface area contributed by atoms with E-state index in [2.05, 4.69) is 10.3 Å². The summed E-state index contributed by atoms with van der Waals surface area (Å²) < 4.78 is 1.95. The van der Waals surface area contributed by atoms with Crippen molar-refractivity contribution in [2.45, 2.75) is 32.4 Å². The SMILES string of the molecule is Cc1nc2c(N[C@H]3c4ccccc4C[C@@H]3O)cc(C(=O)N(C)C)cn2c1C. The van der Waals surface area contributed by atoms with Crippen LogP contribution in [-0.2, 0) is 6.42 Å². The predicted octanol–water partition coefficient (Wildman–Crippen LogP) is 2.72. The molecule has 0 saturated carbocycles. The number of anilines is 1. The fraction of sp³-hybridized carbons (Fsp3) is 0.333. The van der Waals surface area contributed by atoms with Crippen LogP contribution in [0.15, 0.2) is 36.5 Å². The molecule has 0 unspecified atom stereocenters. The maximum atomic E-state index is 12.6. The maximum absolute atomic E-state index is 12.6. The Bertz CT molecular complexity index is 1040. The van der Waals surface area contributed by atoms with Crippen LogP contribution in [0.5, 0.6) is 0 Å². The van der Waals surface area contributed by atoms with Crippen molar-refractivity contribution in [2.24, 2.45) is 0 Å². The maximum Gasteiger partial charge on any atom is 0.254 e. The molecule has 0 saturated heterocycles. The van der Waals surface area contributed by atoms with Gasteiger partial charge in [-0.1, -0.05) is 24.3 Å². The van der Waals surface area contributed by atoms with Gasteiger partial charge in [0.05, 0.1) is 29.1 Å². The third-order valence-electron chi connectivity index (χ3n) is 5.36. The lowest BCUT2D eigenvalue weighted by molar-refractivity contribution is 0.0827.